The van der Waals surface area contributed by atoms with Crippen LogP contribution in [0.3, 0.4) is 0 Å². The molecule has 96 valence electrons. The number of hydrogen-bond donors (Lipinski definition) is 0. The van der Waals surface area contributed by atoms with E-state index in [1.807, 2.05) is 0 Å². The molecule has 0 aliphatic heterocycles. The van der Waals surface area contributed by atoms with E-state index in [-0.39, 0.29) is 28.1 Å². The summed E-state index contributed by atoms with van der Waals surface area (Å²) >= 11 is 3.65. The van der Waals surface area contributed by atoms with Gasteiger partial charge in [0.15, 0.2) is 8.32 Å². The molecule has 0 aliphatic rings. The molecule has 0 N–H and O–H groups in total. The lowest BCUT2D eigenvalue weighted by molar-refractivity contribution is 0.252. The molecule has 0 rings (SSSR count). The third kappa shape index (κ3) is 7.69. The third-order valence-corrected chi connectivity index (χ3v) is 8.74. The van der Waals surface area contributed by atoms with Crippen molar-refractivity contribution in [2.45, 2.75) is 76.5 Å². The Labute approximate surface area is 128 Å². The minimum atomic E-state index is -1.58. The first-order valence-electron chi connectivity index (χ1n) is 6.02. The van der Waals surface area contributed by atoms with Gasteiger partial charge in [0.05, 0.1) is 0 Å². The fourth-order valence-corrected chi connectivity index (χ4v) is 3.95. The zero-order valence-corrected chi connectivity index (χ0v) is 13.8. The molecule has 0 fully saturated rings. The Bertz CT molecular complexity index is 180. The van der Waals surface area contributed by atoms with Gasteiger partial charge in [-0.15, -0.1) is 0 Å². The minimum Gasteiger partial charge on any atom is -0.404 e. The second-order valence-electron chi connectivity index (χ2n) is 5.78. The van der Waals surface area contributed by atoms with Crippen molar-refractivity contribution in [1.82, 2.24) is 0 Å². The smallest absolute Gasteiger partial charge is 0.316 e. The van der Waals surface area contributed by atoms with Crippen LogP contribution in [-0.2, 0) is 4.43 Å². The van der Waals surface area contributed by atoms with E-state index in [1.54, 1.807) is 0 Å². The van der Waals surface area contributed by atoms with Crippen molar-refractivity contribution in [2.24, 2.45) is 0 Å². The topological polar surface area (TPSA) is 9.23 Å². The lowest BCUT2D eigenvalue weighted by atomic mass is 10.2. The monoisotopic (exact) mass is 320 g/mol. The van der Waals surface area contributed by atoms with Gasteiger partial charge in [0.2, 0.25) is 0 Å². The molecule has 0 aromatic carbocycles. The first-order chi connectivity index (χ1) is 6.70. The van der Waals surface area contributed by atoms with Crippen molar-refractivity contribution in [1.29, 1.82) is 0 Å². The maximum atomic E-state index is 6.20. The highest BCUT2D eigenvalue weighted by Gasteiger charge is 2.38. The largest absolute Gasteiger partial charge is 0.404 e. The summed E-state index contributed by atoms with van der Waals surface area (Å²) < 4.78 is 6.20. The summed E-state index contributed by atoms with van der Waals surface area (Å²) in [5, 5.41) is 0.564. The van der Waals surface area contributed by atoms with Gasteiger partial charge < -0.3 is 4.43 Å². The summed E-state index contributed by atoms with van der Waals surface area (Å²) in [6.45, 7) is 13.7. The van der Waals surface area contributed by atoms with E-state index in [0.717, 1.165) is 6.42 Å². The van der Waals surface area contributed by atoms with E-state index in [2.05, 4.69) is 56.7 Å². The highest BCUT2D eigenvalue weighted by Crippen LogP contribution is 2.38. The summed E-state index contributed by atoms with van der Waals surface area (Å²) in [6, 6.07) is 0. The lowest BCUT2D eigenvalue weighted by Gasteiger charge is -2.37. The van der Waals surface area contributed by atoms with E-state index in [0.29, 0.717) is 5.04 Å². The average molecular weight is 322 g/mol. The van der Waals surface area contributed by atoms with Crippen LogP contribution in [0.4, 0.5) is 0 Å². The Morgan fingerprint density at radius 2 is 1.69 bits per heavy atom. The first-order valence-corrected chi connectivity index (χ1v) is 9.85. The molecule has 0 aromatic heterocycles. The first kappa shape index (κ1) is 19.8. The molecule has 0 aromatic rings. The zero-order valence-electron chi connectivity index (χ0n) is 11.2. The molecule has 0 saturated heterocycles. The van der Waals surface area contributed by atoms with Gasteiger partial charge >= 0.3 is 23.1 Å². The molecule has 1 unspecified atom stereocenters. The molecular weight excluding hydrogens is 292 g/mol. The van der Waals surface area contributed by atoms with Gasteiger partial charge in [-0.1, -0.05) is 62.9 Å². The maximum Gasteiger partial charge on any atom is 0.316 e. The van der Waals surface area contributed by atoms with Gasteiger partial charge in [0.1, 0.15) is 5.01 Å². The Balaban J connectivity index is 0. The number of alkyl halides is 1. The Hall–Kier alpha value is 1.42. The summed E-state index contributed by atoms with van der Waals surface area (Å²) in [7, 11) is -1.58. The quantitative estimate of drug-likeness (QED) is 0.400. The predicted molar refractivity (Wildman–Crippen MR) is 83.7 cm³/mol. The molecular formula is C12H29BrMgOSi. The van der Waals surface area contributed by atoms with Crippen LogP contribution in [0.5, 0.6) is 0 Å². The van der Waals surface area contributed by atoms with E-state index in [1.165, 1.54) is 19.3 Å². The van der Waals surface area contributed by atoms with E-state index in [9.17, 15) is 0 Å². The molecule has 0 amide bonds. The molecule has 0 radical (unpaired) electrons. The fourth-order valence-electron chi connectivity index (χ4n) is 1.11. The molecule has 16 heavy (non-hydrogen) atoms. The van der Waals surface area contributed by atoms with Gasteiger partial charge in [-0.25, -0.2) is 0 Å². The Morgan fingerprint density at radius 1 is 1.19 bits per heavy atom. The van der Waals surface area contributed by atoms with Crippen LogP contribution in [0.1, 0.15) is 53.4 Å². The summed E-state index contributed by atoms with van der Waals surface area (Å²) in [5.74, 6) is 0. The molecule has 1 nitrogen and oxygen atoms in total. The second kappa shape index (κ2) is 8.51. The van der Waals surface area contributed by atoms with Crippen molar-refractivity contribution in [2.75, 3.05) is 0 Å². The van der Waals surface area contributed by atoms with Gasteiger partial charge in [-0.05, 0) is 24.6 Å². The number of halogens is 1. The van der Waals surface area contributed by atoms with E-state index in [4.69, 9.17) is 4.43 Å². The molecule has 4 heteroatoms. The number of hydrogen-bond acceptors (Lipinski definition) is 1. The molecule has 0 aliphatic carbocycles. The van der Waals surface area contributed by atoms with E-state index >= 15 is 0 Å². The summed E-state index contributed by atoms with van der Waals surface area (Å²) in [5.41, 5.74) is 0. The zero-order chi connectivity index (χ0) is 12.1. The van der Waals surface area contributed by atoms with Crippen LogP contribution >= 0.6 is 15.9 Å². The van der Waals surface area contributed by atoms with Crippen LogP contribution < -0.4 is 0 Å². The average Bonchev–Trinajstić information content (AvgIpc) is 2.01. The SMILES string of the molecule is CCCCCC(Br)O[Si](C)(C)C(C)(C)C.[MgH2]. The molecule has 0 heterocycles. The minimum absolute atomic E-state index is 0. The third-order valence-electron chi connectivity index (χ3n) is 3.26. The second-order valence-corrected chi connectivity index (χ2v) is 11.6. The van der Waals surface area contributed by atoms with Crippen molar-refractivity contribution in [3.8, 4) is 0 Å². The molecule has 0 bridgehead atoms. The Kier molecular flexibility index (Phi) is 10.5. The Morgan fingerprint density at radius 3 is 2.06 bits per heavy atom. The van der Waals surface area contributed by atoms with Crippen LogP contribution in [0, 0.1) is 0 Å². The molecule has 0 saturated carbocycles. The fraction of sp³-hybridized carbons (Fsp3) is 1.00. The van der Waals surface area contributed by atoms with E-state index < -0.39 is 8.32 Å². The highest BCUT2D eigenvalue weighted by molar-refractivity contribution is 9.09. The number of unbranched alkanes of at least 4 members (excludes halogenated alkanes) is 2. The van der Waals surface area contributed by atoms with Crippen LogP contribution in [0.15, 0.2) is 0 Å². The molecule has 1 atom stereocenters. The van der Waals surface area contributed by atoms with Crippen molar-refractivity contribution >= 4 is 47.3 Å². The van der Waals surface area contributed by atoms with Crippen molar-refractivity contribution < 1.29 is 4.43 Å². The summed E-state index contributed by atoms with van der Waals surface area (Å²) in [4.78, 5) is 0. The summed E-state index contributed by atoms with van der Waals surface area (Å²) in [6.07, 6.45) is 4.99. The van der Waals surface area contributed by atoms with Crippen LogP contribution in [-0.4, -0.2) is 36.4 Å². The van der Waals surface area contributed by atoms with Gasteiger partial charge in [0.25, 0.3) is 0 Å². The van der Waals surface area contributed by atoms with Crippen LogP contribution in [0.25, 0.3) is 0 Å². The maximum absolute atomic E-state index is 6.20. The van der Waals surface area contributed by atoms with Crippen molar-refractivity contribution in [3.05, 3.63) is 0 Å². The lowest BCUT2D eigenvalue weighted by Crippen LogP contribution is -2.42. The number of rotatable bonds is 6. The normalized spacial score (nSPS) is 14.4. The standard InChI is InChI=1S/C12H27BrOSi.Mg.2H/c1-7-8-9-10-11(13)14-15(5,6)12(2,3)4;;;/h11H,7-10H2,1-6H3;;;. The van der Waals surface area contributed by atoms with Crippen molar-refractivity contribution in [3.63, 3.8) is 0 Å². The van der Waals surface area contributed by atoms with Gasteiger partial charge in [0, 0.05) is 0 Å². The van der Waals surface area contributed by atoms with Crippen LogP contribution in [0.2, 0.25) is 18.1 Å². The van der Waals surface area contributed by atoms with Gasteiger partial charge in [-0.2, -0.15) is 0 Å². The van der Waals surface area contributed by atoms with Gasteiger partial charge in [-0.3, -0.25) is 0 Å². The molecule has 0 spiro atoms. The predicted octanol–water partition coefficient (Wildman–Crippen LogP) is 4.39. The highest BCUT2D eigenvalue weighted by atomic mass is 79.9.